The first-order valence-electron chi connectivity index (χ1n) is 8.38. The van der Waals surface area contributed by atoms with Gasteiger partial charge in [-0.25, -0.2) is 0 Å². The summed E-state index contributed by atoms with van der Waals surface area (Å²) in [5.74, 6) is 0.596. The van der Waals surface area contributed by atoms with E-state index in [9.17, 15) is 4.79 Å². The van der Waals surface area contributed by atoms with Gasteiger partial charge in [0.2, 0.25) is 5.91 Å². The molecule has 1 fully saturated rings. The van der Waals surface area contributed by atoms with E-state index in [2.05, 4.69) is 57.0 Å². The Balaban J connectivity index is 1.73. The Morgan fingerprint density at radius 3 is 2.48 bits per heavy atom. The van der Waals surface area contributed by atoms with Gasteiger partial charge in [0.15, 0.2) is 0 Å². The smallest absolute Gasteiger partial charge is 0.226 e. The standard InChI is InChI=1S/C19H23N3O/c1-20(2)16-9-7-14(8-10-16)18-17-4-3-11-21(17)12-13-22(18)19(23)15-5-6-15/h3-4,7-11,15,18H,5-6,12-13H2,1-2H3/t18-/m1/s1. The molecule has 0 unspecified atom stereocenters. The zero-order valence-corrected chi connectivity index (χ0v) is 13.8. The van der Waals surface area contributed by atoms with Crippen molar-refractivity contribution in [3.8, 4) is 0 Å². The zero-order valence-electron chi connectivity index (χ0n) is 13.8. The lowest BCUT2D eigenvalue weighted by Gasteiger charge is -2.37. The van der Waals surface area contributed by atoms with Gasteiger partial charge in [-0.3, -0.25) is 4.79 Å². The van der Waals surface area contributed by atoms with Gasteiger partial charge in [-0.2, -0.15) is 0 Å². The summed E-state index contributed by atoms with van der Waals surface area (Å²) in [4.78, 5) is 17.0. The topological polar surface area (TPSA) is 28.5 Å². The normalized spacial score (nSPS) is 20.3. The molecule has 1 amide bonds. The fourth-order valence-electron chi connectivity index (χ4n) is 3.49. The molecule has 2 aliphatic rings. The molecule has 2 aromatic rings. The van der Waals surface area contributed by atoms with Crippen LogP contribution in [0.4, 0.5) is 5.69 Å². The fraction of sp³-hybridized carbons (Fsp3) is 0.421. The van der Waals surface area contributed by atoms with E-state index in [0.717, 1.165) is 25.9 Å². The molecule has 1 saturated carbocycles. The van der Waals surface area contributed by atoms with Gasteiger partial charge in [-0.15, -0.1) is 0 Å². The molecular weight excluding hydrogens is 286 g/mol. The van der Waals surface area contributed by atoms with E-state index in [1.807, 2.05) is 14.1 Å². The van der Waals surface area contributed by atoms with E-state index in [-0.39, 0.29) is 12.0 Å². The van der Waals surface area contributed by atoms with Gasteiger partial charge in [0.1, 0.15) is 0 Å². The third-order valence-corrected chi connectivity index (χ3v) is 4.97. The first-order valence-corrected chi connectivity index (χ1v) is 8.38. The molecule has 1 aromatic heterocycles. The summed E-state index contributed by atoms with van der Waals surface area (Å²) in [6, 6.07) is 12.9. The Morgan fingerprint density at radius 1 is 1.09 bits per heavy atom. The summed E-state index contributed by atoms with van der Waals surface area (Å²) in [7, 11) is 4.09. The molecule has 4 nitrogen and oxygen atoms in total. The van der Waals surface area contributed by atoms with Crippen molar-refractivity contribution < 1.29 is 4.79 Å². The number of hydrogen-bond donors (Lipinski definition) is 0. The van der Waals surface area contributed by atoms with E-state index in [1.54, 1.807) is 0 Å². The number of hydrogen-bond acceptors (Lipinski definition) is 2. The highest BCUT2D eigenvalue weighted by Crippen LogP contribution is 2.38. The summed E-state index contributed by atoms with van der Waals surface area (Å²) in [5, 5.41) is 0. The van der Waals surface area contributed by atoms with Crippen LogP contribution in [0.25, 0.3) is 0 Å². The second kappa shape index (κ2) is 5.44. The molecular formula is C19H23N3O. The Kier molecular flexibility index (Phi) is 3.40. The molecule has 23 heavy (non-hydrogen) atoms. The Bertz CT molecular complexity index is 712. The SMILES string of the molecule is CN(C)c1ccc([C@@H]2c3cccn3CCN2C(=O)C2CC2)cc1. The van der Waals surface area contributed by atoms with Crippen molar-refractivity contribution in [2.24, 2.45) is 5.92 Å². The van der Waals surface area contributed by atoms with E-state index in [1.165, 1.54) is 16.9 Å². The Hall–Kier alpha value is -2.23. The molecule has 1 aliphatic carbocycles. The van der Waals surface area contributed by atoms with Gasteiger partial charge in [-0.1, -0.05) is 12.1 Å². The number of fused-ring (bicyclic) bond motifs is 1. The first kappa shape index (κ1) is 14.4. The predicted octanol–water partition coefficient (Wildman–Crippen LogP) is 2.90. The summed E-state index contributed by atoms with van der Waals surface area (Å²) >= 11 is 0. The second-order valence-electron chi connectivity index (χ2n) is 6.82. The molecule has 0 spiro atoms. The number of carbonyl (C=O) groups excluding carboxylic acids is 1. The van der Waals surface area contributed by atoms with Gasteiger partial charge in [0.05, 0.1) is 6.04 Å². The number of amides is 1. The van der Waals surface area contributed by atoms with Crippen LogP contribution in [-0.4, -0.2) is 36.0 Å². The van der Waals surface area contributed by atoms with Crippen LogP contribution >= 0.6 is 0 Å². The van der Waals surface area contributed by atoms with Gasteiger partial charge >= 0.3 is 0 Å². The molecule has 1 aliphatic heterocycles. The molecule has 0 N–H and O–H groups in total. The maximum atomic E-state index is 12.8. The highest BCUT2D eigenvalue weighted by Gasteiger charge is 2.39. The van der Waals surface area contributed by atoms with Crippen LogP contribution < -0.4 is 4.90 Å². The monoisotopic (exact) mass is 309 g/mol. The summed E-state index contributed by atoms with van der Waals surface area (Å²) in [5.41, 5.74) is 3.60. The fourth-order valence-corrected chi connectivity index (χ4v) is 3.49. The number of nitrogens with zero attached hydrogens (tertiary/aromatic N) is 3. The maximum Gasteiger partial charge on any atom is 0.226 e. The molecule has 1 atom stereocenters. The highest BCUT2D eigenvalue weighted by molar-refractivity contribution is 5.82. The quantitative estimate of drug-likeness (QED) is 0.872. The van der Waals surface area contributed by atoms with Crippen molar-refractivity contribution in [2.75, 3.05) is 25.5 Å². The van der Waals surface area contributed by atoms with Crippen molar-refractivity contribution in [3.63, 3.8) is 0 Å². The number of aromatic nitrogens is 1. The molecule has 0 bridgehead atoms. The van der Waals surface area contributed by atoms with Crippen LogP contribution in [0.5, 0.6) is 0 Å². The van der Waals surface area contributed by atoms with Crippen LogP contribution in [0.1, 0.15) is 30.1 Å². The summed E-state index contributed by atoms with van der Waals surface area (Å²) in [6.07, 6.45) is 4.24. The zero-order chi connectivity index (χ0) is 16.0. The summed E-state index contributed by atoms with van der Waals surface area (Å²) < 4.78 is 2.28. The van der Waals surface area contributed by atoms with Crippen LogP contribution in [0.15, 0.2) is 42.6 Å². The predicted molar refractivity (Wildman–Crippen MR) is 91.5 cm³/mol. The minimum atomic E-state index is 0.0445. The first-order chi connectivity index (χ1) is 11.1. The van der Waals surface area contributed by atoms with Crippen LogP contribution in [0.3, 0.4) is 0 Å². The van der Waals surface area contributed by atoms with Crippen molar-refractivity contribution in [1.29, 1.82) is 0 Å². The summed E-state index contributed by atoms with van der Waals surface area (Å²) in [6.45, 7) is 1.70. The average molecular weight is 309 g/mol. The van der Waals surface area contributed by atoms with Crippen LogP contribution in [0.2, 0.25) is 0 Å². The van der Waals surface area contributed by atoms with E-state index >= 15 is 0 Å². The third kappa shape index (κ3) is 2.52. The molecule has 0 saturated heterocycles. The Morgan fingerprint density at radius 2 is 1.83 bits per heavy atom. The minimum Gasteiger partial charge on any atom is -0.378 e. The average Bonchev–Trinajstić information content (AvgIpc) is 3.30. The molecule has 4 heteroatoms. The third-order valence-electron chi connectivity index (χ3n) is 4.97. The second-order valence-corrected chi connectivity index (χ2v) is 6.82. The lowest BCUT2D eigenvalue weighted by Crippen LogP contribution is -2.43. The van der Waals surface area contributed by atoms with Crippen molar-refractivity contribution in [2.45, 2.75) is 25.4 Å². The Labute approximate surface area is 137 Å². The largest absolute Gasteiger partial charge is 0.378 e. The molecule has 120 valence electrons. The lowest BCUT2D eigenvalue weighted by molar-refractivity contribution is -0.135. The number of carbonyl (C=O) groups is 1. The van der Waals surface area contributed by atoms with Crippen LogP contribution in [-0.2, 0) is 11.3 Å². The molecule has 4 rings (SSSR count). The maximum absolute atomic E-state index is 12.8. The van der Waals surface area contributed by atoms with Gasteiger partial charge in [0.25, 0.3) is 0 Å². The minimum absolute atomic E-state index is 0.0445. The van der Waals surface area contributed by atoms with Gasteiger partial charge in [0, 0.05) is 50.7 Å². The number of benzene rings is 1. The highest BCUT2D eigenvalue weighted by atomic mass is 16.2. The van der Waals surface area contributed by atoms with Crippen molar-refractivity contribution in [1.82, 2.24) is 9.47 Å². The van der Waals surface area contributed by atoms with Gasteiger partial charge < -0.3 is 14.4 Å². The molecule has 2 heterocycles. The molecule has 1 aromatic carbocycles. The van der Waals surface area contributed by atoms with Crippen molar-refractivity contribution >= 4 is 11.6 Å². The lowest BCUT2D eigenvalue weighted by atomic mass is 9.99. The number of rotatable bonds is 3. The number of anilines is 1. The van der Waals surface area contributed by atoms with Gasteiger partial charge in [-0.05, 0) is 42.7 Å². The van der Waals surface area contributed by atoms with E-state index < -0.39 is 0 Å². The van der Waals surface area contributed by atoms with Crippen LogP contribution in [0, 0.1) is 5.92 Å². The van der Waals surface area contributed by atoms with E-state index in [4.69, 9.17) is 0 Å². The van der Waals surface area contributed by atoms with Crippen molar-refractivity contribution in [3.05, 3.63) is 53.9 Å². The molecule has 0 radical (unpaired) electrons. The van der Waals surface area contributed by atoms with E-state index in [0.29, 0.717) is 5.91 Å².